The second-order valence-electron chi connectivity index (χ2n) is 8.94. The molecule has 0 saturated carbocycles. The van der Waals surface area contributed by atoms with E-state index in [-0.39, 0.29) is 37.8 Å². The fourth-order valence-corrected chi connectivity index (χ4v) is 6.48. The first-order valence-electron chi connectivity index (χ1n) is 11.8. The van der Waals surface area contributed by atoms with Gasteiger partial charge in [-0.15, -0.1) is 0 Å². The van der Waals surface area contributed by atoms with Crippen LogP contribution in [0.25, 0.3) is 11.2 Å². The number of benzene rings is 1. The topological polar surface area (TPSA) is 172 Å². The van der Waals surface area contributed by atoms with Crippen LogP contribution < -0.4 is 44.8 Å². The molecule has 1 saturated heterocycles. The van der Waals surface area contributed by atoms with Gasteiger partial charge in [-0.1, -0.05) is 11.8 Å². The number of fused-ring (bicyclic) bond motifs is 2. The maximum absolute atomic E-state index is 12.5. The molecule has 39 heavy (non-hydrogen) atoms. The number of anilines is 1. The Labute approximate surface area is 261 Å². The van der Waals surface area contributed by atoms with Crippen LogP contribution in [0.2, 0.25) is 0 Å². The van der Waals surface area contributed by atoms with E-state index in [9.17, 15) is 13.2 Å². The molecule has 0 unspecified atom stereocenters. The molecule has 2 aliphatic rings. The van der Waals surface area contributed by atoms with Crippen molar-refractivity contribution in [1.82, 2.24) is 24.4 Å². The molecule has 1 amide bonds. The van der Waals surface area contributed by atoms with Gasteiger partial charge in [0.25, 0.3) is 5.91 Å². The first-order chi connectivity index (χ1) is 18.1. The number of ether oxygens (including phenoxy) is 2. The molecular formula is C22H26BrN6NaO7S2+2. The summed E-state index contributed by atoms with van der Waals surface area (Å²) < 4.78 is 48.9. The third kappa shape index (κ3) is 6.98. The van der Waals surface area contributed by atoms with Gasteiger partial charge in [-0.05, 0) is 60.2 Å². The van der Waals surface area contributed by atoms with Gasteiger partial charge in [-0.25, -0.2) is 19.1 Å². The second-order valence-corrected chi connectivity index (χ2v) is 11.8. The number of hydrogen-bond acceptors (Lipinski definition) is 11. The minimum Gasteiger partial charge on any atom is -0.454 e. The van der Waals surface area contributed by atoms with Crippen molar-refractivity contribution < 1.29 is 62.4 Å². The van der Waals surface area contributed by atoms with Gasteiger partial charge in [-0.3, -0.25) is 9.35 Å². The van der Waals surface area contributed by atoms with Crippen molar-refractivity contribution in [2.45, 2.75) is 48.9 Å². The third-order valence-corrected chi connectivity index (χ3v) is 8.96. The Bertz CT molecular complexity index is 1490. The van der Waals surface area contributed by atoms with E-state index in [0.29, 0.717) is 59.2 Å². The van der Waals surface area contributed by atoms with Crippen molar-refractivity contribution in [3.8, 4) is 11.5 Å². The Kier molecular flexibility index (Phi) is 9.69. The van der Waals surface area contributed by atoms with Crippen LogP contribution in [0.1, 0.15) is 27.6 Å². The minimum absolute atomic E-state index is 0. The second kappa shape index (κ2) is 12.5. The van der Waals surface area contributed by atoms with Crippen LogP contribution >= 0.6 is 27.7 Å². The normalized spacial score (nSPS) is 16.3. The van der Waals surface area contributed by atoms with Gasteiger partial charge < -0.3 is 24.7 Å². The molecule has 13 nitrogen and oxygen atoms in total. The van der Waals surface area contributed by atoms with E-state index in [1.54, 1.807) is 4.90 Å². The van der Waals surface area contributed by atoms with Crippen molar-refractivity contribution in [2.24, 2.45) is 5.92 Å². The molecule has 17 heteroatoms. The fourth-order valence-electron chi connectivity index (χ4n) is 4.52. The molecular weight excluding hydrogens is 627 g/mol. The number of aryl methyl sites for hydroxylation is 1. The number of likely N-dealkylation sites (tertiary alicyclic amines) is 1. The van der Waals surface area contributed by atoms with Crippen molar-refractivity contribution in [2.75, 3.05) is 25.6 Å². The summed E-state index contributed by atoms with van der Waals surface area (Å²) >= 11 is 5.05. The molecule has 0 bridgehead atoms. The third-order valence-electron chi connectivity index (χ3n) is 6.45. The summed E-state index contributed by atoms with van der Waals surface area (Å²) in [7, 11) is -4.70. The monoisotopic (exact) mass is 652 g/mol. The van der Waals surface area contributed by atoms with Gasteiger partial charge in [-0.2, -0.15) is 8.42 Å². The maximum atomic E-state index is 12.5. The summed E-state index contributed by atoms with van der Waals surface area (Å²) in [5.41, 5.74) is 7.27. The smallest absolute Gasteiger partial charge is 0.454 e. The Balaban J connectivity index is 0.00000220. The van der Waals surface area contributed by atoms with Gasteiger partial charge in [0.2, 0.25) is 6.79 Å². The minimum atomic E-state index is -4.70. The zero-order valence-corrected chi connectivity index (χ0v) is 26.5. The molecule has 3 aromatic rings. The quantitative estimate of drug-likeness (QED) is 0.247. The number of nitrogens with zero attached hydrogens (tertiary/aromatic N) is 5. The molecule has 5 rings (SSSR count). The standard InChI is InChI=1S/C22H25BrN6O7S2.Na/c1-12(36-38(31,32)33)21(30)28-5-2-13(3-6-28)4-7-29-20-18(19(24)25-10-26-20)27-22(29)37-17-9-16-15(8-14(17)23)34-11-35-16;/h8-10,12-13H,2-7,11H2,1H3,(H2,24,25,26)(H,31,32,33);/q;+1/p+1/t12-;/m0./s1. The van der Waals surface area contributed by atoms with Crippen molar-refractivity contribution >= 4 is 61.0 Å². The Morgan fingerprint density at radius 2 is 2.00 bits per heavy atom. The average Bonchev–Trinajstić information content (AvgIpc) is 3.46. The van der Waals surface area contributed by atoms with E-state index in [4.69, 9.17) is 24.7 Å². The van der Waals surface area contributed by atoms with Crippen LogP contribution in [-0.2, 0) is 25.9 Å². The first-order valence-corrected chi connectivity index (χ1v) is 14.7. The van der Waals surface area contributed by atoms with Crippen molar-refractivity contribution in [3.05, 3.63) is 22.9 Å². The fraction of sp³-hybridized carbons (Fsp3) is 0.455. The van der Waals surface area contributed by atoms with Gasteiger partial charge in [0.15, 0.2) is 39.7 Å². The van der Waals surface area contributed by atoms with Crippen LogP contribution in [0.5, 0.6) is 11.5 Å². The van der Waals surface area contributed by atoms with Gasteiger partial charge in [0.1, 0.15) is 6.33 Å². The van der Waals surface area contributed by atoms with E-state index >= 15 is 0 Å². The van der Waals surface area contributed by atoms with Crippen molar-refractivity contribution in [3.63, 3.8) is 0 Å². The first kappa shape index (κ1) is 30.3. The number of rotatable bonds is 8. The number of carbonyl (C=O) groups excluding carboxylic acids is 1. The van der Waals surface area contributed by atoms with Crippen LogP contribution in [0.4, 0.5) is 5.82 Å². The predicted molar refractivity (Wildman–Crippen MR) is 141 cm³/mol. The summed E-state index contributed by atoms with van der Waals surface area (Å²) in [5, 5.41) is 0.704. The summed E-state index contributed by atoms with van der Waals surface area (Å²) in [6.07, 6.45) is 2.43. The summed E-state index contributed by atoms with van der Waals surface area (Å²) in [6.45, 7) is 3.04. The molecule has 0 radical (unpaired) electrons. The molecule has 204 valence electrons. The van der Waals surface area contributed by atoms with E-state index in [0.717, 1.165) is 28.6 Å². The molecule has 0 aliphatic carbocycles. The molecule has 4 heterocycles. The molecule has 2 aliphatic heterocycles. The number of amides is 1. The Hall–Kier alpha value is -1.66. The SMILES string of the molecule is C[C@H](OS(=O)(=O)O)C(=O)N1CCC(CCn2c(Sc3cc4c(cc3Br)OCO4)nc3c(N)ncnc32)CC1.[H+].[Na+]. The molecule has 2 aromatic heterocycles. The molecule has 1 fully saturated rings. The zero-order valence-electron chi connectivity index (χ0n) is 22.2. The number of aromatic nitrogens is 4. The predicted octanol–water partition coefficient (Wildman–Crippen LogP) is 0.00400. The summed E-state index contributed by atoms with van der Waals surface area (Å²) in [4.78, 5) is 28.2. The Morgan fingerprint density at radius 1 is 1.31 bits per heavy atom. The van der Waals surface area contributed by atoms with Crippen LogP contribution in [0.15, 0.2) is 33.0 Å². The number of hydrogen-bond donors (Lipinski definition) is 2. The van der Waals surface area contributed by atoms with E-state index in [1.807, 2.05) is 16.7 Å². The van der Waals surface area contributed by atoms with Gasteiger partial charge in [0.05, 0.1) is 0 Å². The maximum Gasteiger partial charge on any atom is 1.00 e. The van der Waals surface area contributed by atoms with E-state index in [1.165, 1.54) is 25.0 Å². The molecule has 0 spiro atoms. The molecule has 1 aromatic carbocycles. The van der Waals surface area contributed by atoms with Crippen LogP contribution in [0.3, 0.4) is 0 Å². The Morgan fingerprint density at radius 3 is 2.69 bits per heavy atom. The largest absolute Gasteiger partial charge is 1.00 e. The summed E-state index contributed by atoms with van der Waals surface area (Å²) in [6, 6.07) is 3.76. The van der Waals surface area contributed by atoms with Gasteiger partial charge >= 0.3 is 41.4 Å². The van der Waals surface area contributed by atoms with Crippen molar-refractivity contribution in [1.29, 1.82) is 0 Å². The molecule has 3 N–H and O–H groups in total. The van der Waals surface area contributed by atoms with Gasteiger partial charge in [0, 0.05) is 29.0 Å². The number of nitrogen functional groups attached to an aromatic ring is 1. The zero-order chi connectivity index (χ0) is 27.0. The summed E-state index contributed by atoms with van der Waals surface area (Å²) in [5.74, 6) is 1.49. The number of carbonyl (C=O) groups is 1. The number of piperidine rings is 1. The number of imidazole rings is 1. The number of nitrogens with two attached hydrogens (primary N) is 1. The van der Waals surface area contributed by atoms with Crippen LogP contribution in [-0.4, -0.2) is 69.3 Å². The van der Waals surface area contributed by atoms with E-state index < -0.39 is 22.4 Å². The molecule has 1 atom stereocenters. The van der Waals surface area contributed by atoms with E-state index in [2.05, 4.69) is 30.1 Å². The van der Waals surface area contributed by atoms with Crippen LogP contribution in [0, 0.1) is 5.92 Å². The number of halogens is 1. The average molecular weight is 654 g/mol.